The molecule has 2 aromatic carbocycles. The zero-order chi connectivity index (χ0) is 23.8. The Morgan fingerprint density at radius 3 is 2.67 bits per heavy atom. The van der Waals surface area contributed by atoms with Gasteiger partial charge in [0.25, 0.3) is 0 Å². The SMILES string of the molecule is CCn1c(CCCc2ccc(OC)c(C)c2)nnc1SCC(=O)Nc1cccc(C(=O)O)c1. The van der Waals surface area contributed by atoms with Crippen LogP contribution >= 0.6 is 11.8 Å². The highest BCUT2D eigenvalue weighted by atomic mass is 32.2. The number of carbonyl (C=O) groups is 2. The number of carbonyl (C=O) groups excluding carboxylic acids is 1. The number of rotatable bonds is 11. The van der Waals surface area contributed by atoms with Crippen molar-refractivity contribution >= 4 is 29.3 Å². The summed E-state index contributed by atoms with van der Waals surface area (Å²) >= 11 is 1.31. The van der Waals surface area contributed by atoms with E-state index in [1.54, 1.807) is 19.2 Å². The molecule has 9 heteroatoms. The monoisotopic (exact) mass is 468 g/mol. The molecule has 0 saturated heterocycles. The second kappa shape index (κ2) is 11.5. The minimum atomic E-state index is -1.04. The van der Waals surface area contributed by atoms with Crippen LogP contribution < -0.4 is 10.1 Å². The van der Waals surface area contributed by atoms with Crippen molar-refractivity contribution in [3.05, 3.63) is 65.0 Å². The van der Waals surface area contributed by atoms with Crippen LogP contribution in [0.2, 0.25) is 0 Å². The number of nitrogens with one attached hydrogen (secondary N) is 1. The van der Waals surface area contributed by atoms with Gasteiger partial charge in [0, 0.05) is 18.7 Å². The predicted octanol–water partition coefficient (Wildman–Crippen LogP) is 4.22. The summed E-state index contributed by atoms with van der Waals surface area (Å²) in [6.45, 7) is 4.79. The van der Waals surface area contributed by atoms with E-state index in [9.17, 15) is 9.59 Å². The molecule has 0 aliphatic rings. The number of amides is 1. The number of aryl methyl sites for hydroxylation is 3. The molecule has 2 N–H and O–H groups in total. The van der Waals surface area contributed by atoms with Gasteiger partial charge in [0.2, 0.25) is 5.91 Å². The van der Waals surface area contributed by atoms with E-state index in [0.717, 1.165) is 36.4 Å². The maximum atomic E-state index is 12.3. The Bertz CT molecular complexity index is 1130. The zero-order valence-corrected chi connectivity index (χ0v) is 19.8. The van der Waals surface area contributed by atoms with Crippen LogP contribution in [0, 0.1) is 6.92 Å². The lowest BCUT2D eigenvalue weighted by atomic mass is 10.0. The third kappa shape index (κ3) is 6.58. The number of hydrogen-bond donors (Lipinski definition) is 2. The Morgan fingerprint density at radius 1 is 1.15 bits per heavy atom. The van der Waals surface area contributed by atoms with E-state index in [4.69, 9.17) is 9.84 Å². The minimum absolute atomic E-state index is 0.126. The molecule has 8 nitrogen and oxygen atoms in total. The topological polar surface area (TPSA) is 106 Å². The molecule has 0 atom stereocenters. The van der Waals surface area contributed by atoms with Gasteiger partial charge in [-0.3, -0.25) is 4.79 Å². The van der Waals surface area contributed by atoms with Crippen molar-refractivity contribution in [2.75, 3.05) is 18.2 Å². The molecule has 1 aromatic heterocycles. The summed E-state index contributed by atoms with van der Waals surface area (Å²) in [5, 5.41) is 21.1. The summed E-state index contributed by atoms with van der Waals surface area (Å²) in [5.41, 5.74) is 2.96. The molecule has 0 spiro atoms. The molecular weight excluding hydrogens is 440 g/mol. The van der Waals surface area contributed by atoms with Crippen LogP contribution in [0.5, 0.6) is 5.75 Å². The minimum Gasteiger partial charge on any atom is -0.496 e. The number of ether oxygens (including phenoxy) is 1. The van der Waals surface area contributed by atoms with Gasteiger partial charge in [0.05, 0.1) is 18.4 Å². The standard InChI is InChI=1S/C24H28N4O4S/c1-4-28-21(10-5-7-17-11-12-20(32-3)16(2)13-17)26-27-24(28)33-15-22(29)25-19-9-6-8-18(14-19)23(30)31/h6,8-9,11-14H,4-5,7,10,15H2,1-3H3,(H,25,29)(H,30,31). The number of anilines is 1. The van der Waals surface area contributed by atoms with Crippen LogP contribution in [0.1, 0.15) is 40.7 Å². The molecule has 1 amide bonds. The second-order valence-corrected chi connectivity index (χ2v) is 8.47. The molecule has 174 valence electrons. The third-order valence-corrected chi connectivity index (χ3v) is 6.13. The number of benzene rings is 2. The third-order valence-electron chi connectivity index (χ3n) is 5.16. The van der Waals surface area contributed by atoms with E-state index in [2.05, 4.69) is 27.6 Å². The molecule has 33 heavy (non-hydrogen) atoms. The second-order valence-electron chi connectivity index (χ2n) is 7.52. The first-order chi connectivity index (χ1) is 15.9. The number of carboxylic acid groups (broad SMARTS) is 1. The number of carboxylic acids is 1. The number of methoxy groups -OCH3 is 1. The summed E-state index contributed by atoms with van der Waals surface area (Å²) < 4.78 is 7.35. The summed E-state index contributed by atoms with van der Waals surface area (Å²) in [4.78, 5) is 23.4. The van der Waals surface area contributed by atoms with Gasteiger partial charge >= 0.3 is 5.97 Å². The highest BCUT2D eigenvalue weighted by Gasteiger charge is 2.14. The lowest BCUT2D eigenvalue weighted by Crippen LogP contribution is -2.15. The smallest absolute Gasteiger partial charge is 0.335 e. The molecule has 3 aromatic rings. The molecule has 0 bridgehead atoms. The van der Waals surface area contributed by atoms with Crippen molar-refractivity contribution in [2.24, 2.45) is 0 Å². The fraction of sp³-hybridized carbons (Fsp3) is 0.333. The van der Waals surface area contributed by atoms with Crippen molar-refractivity contribution in [1.82, 2.24) is 14.8 Å². The Hall–Kier alpha value is -3.33. The summed E-state index contributed by atoms with van der Waals surface area (Å²) in [6.07, 6.45) is 2.66. The maximum absolute atomic E-state index is 12.3. The van der Waals surface area contributed by atoms with E-state index in [1.165, 1.54) is 29.5 Å². The van der Waals surface area contributed by atoms with Crippen LogP contribution in [0.3, 0.4) is 0 Å². The number of aromatic carboxylic acids is 1. The Balaban J connectivity index is 1.53. The van der Waals surface area contributed by atoms with Crippen LogP contribution in [0.15, 0.2) is 47.6 Å². The first kappa shape index (κ1) is 24.3. The normalized spacial score (nSPS) is 10.8. The van der Waals surface area contributed by atoms with Crippen LogP contribution in [-0.2, 0) is 24.2 Å². The van der Waals surface area contributed by atoms with E-state index < -0.39 is 5.97 Å². The largest absolute Gasteiger partial charge is 0.496 e. The summed E-state index contributed by atoms with van der Waals surface area (Å²) in [5.74, 6) is 0.681. The van der Waals surface area contributed by atoms with Gasteiger partial charge in [-0.05, 0) is 62.1 Å². The molecule has 0 fully saturated rings. The van der Waals surface area contributed by atoms with Gasteiger partial charge in [-0.15, -0.1) is 10.2 Å². The average Bonchev–Trinajstić information content (AvgIpc) is 3.19. The van der Waals surface area contributed by atoms with E-state index in [0.29, 0.717) is 17.4 Å². The van der Waals surface area contributed by atoms with Gasteiger partial charge in [-0.2, -0.15) is 0 Å². The fourth-order valence-electron chi connectivity index (χ4n) is 3.53. The first-order valence-corrected chi connectivity index (χ1v) is 11.7. The zero-order valence-electron chi connectivity index (χ0n) is 19.0. The average molecular weight is 469 g/mol. The number of thioether (sulfide) groups is 1. The summed E-state index contributed by atoms with van der Waals surface area (Å²) in [7, 11) is 1.68. The lowest BCUT2D eigenvalue weighted by Gasteiger charge is -2.09. The molecule has 0 saturated carbocycles. The Kier molecular flexibility index (Phi) is 8.48. The highest BCUT2D eigenvalue weighted by Crippen LogP contribution is 2.21. The fourth-order valence-corrected chi connectivity index (χ4v) is 4.35. The predicted molar refractivity (Wildman–Crippen MR) is 128 cm³/mol. The molecule has 0 radical (unpaired) electrons. The van der Waals surface area contributed by atoms with Gasteiger partial charge < -0.3 is 19.7 Å². The molecule has 1 heterocycles. The molecule has 0 aliphatic heterocycles. The summed E-state index contributed by atoms with van der Waals surface area (Å²) in [6, 6.07) is 12.4. The maximum Gasteiger partial charge on any atom is 0.335 e. The number of hydrogen-bond acceptors (Lipinski definition) is 6. The van der Waals surface area contributed by atoms with Crippen molar-refractivity contribution in [3.63, 3.8) is 0 Å². The van der Waals surface area contributed by atoms with E-state index >= 15 is 0 Å². The van der Waals surface area contributed by atoms with Crippen molar-refractivity contribution in [3.8, 4) is 5.75 Å². The number of nitrogens with zero attached hydrogens (tertiary/aromatic N) is 3. The quantitative estimate of drug-likeness (QED) is 0.406. The van der Waals surface area contributed by atoms with Gasteiger partial charge in [-0.1, -0.05) is 30.0 Å². The van der Waals surface area contributed by atoms with Gasteiger partial charge in [0.15, 0.2) is 5.16 Å². The Labute approximate surface area is 197 Å². The van der Waals surface area contributed by atoms with Gasteiger partial charge in [-0.25, -0.2) is 4.79 Å². The highest BCUT2D eigenvalue weighted by molar-refractivity contribution is 7.99. The number of aromatic nitrogens is 3. The van der Waals surface area contributed by atoms with Gasteiger partial charge in [0.1, 0.15) is 11.6 Å². The van der Waals surface area contributed by atoms with Crippen molar-refractivity contribution < 1.29 is 19.4 Å². The van der Waals surface area contributed by atoms with E-state index in [-0.39, 0.29) is 17.2 Å². The van der Waals surface area contributed by atoms with Crippen molar-refractivity contribution in [1.29, 1.82) is 0 Å². The van der Waals surface area contributed by atoms with Crippen LogP contribution in [0.25, 0.3) is 0 Å². The van der Waals surface area contributed by atoms with Crippen LogP contribution in [0.4, 0.5) is 5.69 Å². The molecule has 0 aliphatic carbocycles. The first-order valence-electron chi connectivity index (χ1n) is 10.7. The molecular formula is C24H28N4O4S. The Morgan fingerprint density at radius 2 is 1.97 bits per heavy atom. The van der Waals surface area contributed by atoms with E-state index in [1.807, 2.05) is 24.5 Å². The lowest BCUT2D eigenvalue weighted by molar-refractivity contribution is -0.113. The molecule has 3 rings (SSSR count). The van der Waals surface area contributed by atoms with Crippen molar-refractivity contribution in [2.45, 2.75) is 44.8 Å². The molecule has 0 unspecified atom stereocenters. The van der Waals surface area contributed by atoms with Crippen LogP contribution in [-0.4, -0.2) is 44.6 Å².